The molecule has 0 aliphatic heterocycles. The van der Waals surface area contributed by atoms with Gasteiger partial charge in [-0.25, -0.2) is 9.38 Å². The van der Waals surface area contributed by atoms with Gasteiger partial charge in [-0.2, -0.15) is 0 Å². The van der Waals surface area contributed by atoms with Crippen molar-refractivity contribution in [1.29, 1.82) is 0 Å². The monoisotopic (exact) mass is 284 g/mol. The number of rotatable bonds is 3. The lowest BCUT2D eigenvalue weighted by Gasteiger charge is -1.93. The first kappa shape index (κ1) is 12.4. The Morgan fingerprint density at radius 3 is 2.68 bits per heavy atom. The molecule has 1 heterocycles. The molecule has 0 N–H and O–H groups in total. The highest BCUT2D eigenvalue weighted by atomic mass is 32.2. The number of fused-ring (bicyclic) bond motifs is 1. The fourth-order valence-electron chi connectivity index (χ4n) is 1.67. The zero-order valence-corrected chi connectivity index (χ0v) is 12.0. The zero-order valence-electron chi connectivity index (χ0n) is 10.4. The van der Waals surface area contributed by atoms with Crippen molar-refractivity contribution >= 4 is 39.7 Å². The van der Waals surface area contributed by atoms with Gasteiger partial charge in [0.05, 0.1) is 10.2 Å². The molecule has 3 rings (SSSR count). The van der Waals surface area contributed by atoms with E-state index in [9.17, 15) is 0 Å². The molecule has 0 aliphatic carbocycles. The van der Waals surface area contributed by atoms with Crippen molar-refractivity contribution in [3.63, 3.8) is 0 Å². The van der Waals surface area contributed by atoms with Gasteiger partial charge in [-0.05, 0) is 24.6 Å². The van der Waals surface area contributed by atoms with E-state index in [1.54, 1.807) is 11.3 Å². The maximum absolute atomic E-state index is 4.53. The van der Waals surface area contributed by atoms with Crippen molar-refractivity contribution < 1.29 is 0 Å². The zero-order chi connectivity index (χ0) is 13.1. The maximum atomic E-state index is 4.53. The van der Waals surface area contributed by atoms with Gasteiger partial charge in [0.15, 0.2) is 4.34 Å². The lowest BCUT2D eigenvalue weighted by atomic mass is 10.2. The van der Waals surface area contributed by atoms with E-state index in [1.807, 2.05) is 24.4 Å². The predicted molar refractivity (Wildman–Crippen MR) is 84.3 cm³/mol. The number of benzene rings is 2. The highest BCUT2D eigenvalue weighted by Crippen LogP contribution is 2.29. The van der Waals surface area contributed by atoms with Crippen LogP contribution in [0.25, 0.3) is 10.2 Å². The van der Waals surface area contributed by atoms with E-state index in [2.05, 4.69) is 46.6 Å². The number of hydrogen-bond acceptors (Lipinski definition) is 4. The second-order valence-electron chi connectivity index (χ2n) is 4.18. The van der Waals surface area contributed by atoms with Gasteiger partial charge in [-0.3, -0.25) is 0 Å². The normalized spacial score (nSPS) is 11.4. The van der Waals surface area contributed by atoms with Crippen molar-refractivity contribution in [3.05, 3.63) is 59.7 Å². The highest BCUT2D eigenvalue weighted by Gasteiger charge is 2.02. The Balaban J connectivity index is 1.73. The lowest BCUT2D eigenvalue weighted by Crippen LogP contribution is -1.79. The molecule has 0 atom stereocenters. The number of aryl methyl sites for hydroxylation is 1. The van der Waals surface area contributed by atoms with Crippen LogP contribution in [0.2, 0.25) is 0 Å². The van der Waals surface area contributed by atoms with Crippen LogP contribution in [-0.4, -0.2) is 11.2 Å². The Hall–Kier alpha value is -1.65. The molecule has 4 heteroatoms. The summed E-state index contributed by atoms with van der Waals surface area (Å²) in [6.45, 7) is 2.08. The number of aromatic nitrogens is 1. The average molecular weight is 284 g/mol. The molecule has 0 aliphatic rings. The summed E-state index contributed by atoms with van der Waals surface area (Å²) in [5.41, 5.74) is 3.41. The summed E-state index contributed by atoms with van der Waals surface area (Å²) in [5.74, 6) is 0. The Labute approximate surface area is 120 Å². The molecule has 0 saturated heterocycles. The molecule has 2 nitrogen and oxygen atoms in total. The summed E-state index contributed by atoms with van der Waals surface area (Å²) in [6, 6.07) is 16.5. The van der Waals surface area contributed by atoms with Crippen LogP contribution in [0.1, 0.15) is 11.1 Å². The molecule has 0 bridgehead atoms. The van der Waals surface area contributed by atoms with Crippen molar-refractivity contribution in [2.24, 2.45) is 4.40 Å². The van der Waals surface area contributed by atoms with Gasteiger partial charge in [-0.1, -0.05) is 42.0 Å². The smallest absolute Gasteiger partial charge is 0.173 e. The van der Waals surface area contributed by atoms with Crippen LogP contribution in [-0.2, 0) is 0 Å². The molecule has 0 unspecified atom stereocenters. The van der Waals surface area contributed by atoms with E-state index in [4.69, 9.17) is 0 Å². The third kappa shape index (κ3) is 3.03. The fourth-order valence-corrected chi connectivity index (χ4v) is 3.32. The Bertz CT molecular complexity index is 681. The summed E-state index contributed by atoms with van der Waals surface area (Å²) >= 11 is 3.10. The van der Waals surface area contributed by atoms with Crippen molar-refractivity contribution in [2.45, 2.75) is 11.3 Å². The fraction of sp³-hybridized carbons (Fsp3) is 0.0667. The largest absolute Gasteiger partial charge is 0.228 e. The van der Waals surface area contributed by atoms with Gasteiger partial charge in [0.2, 0.25) is 0 Å². The van der Waals surface area contributed by atoms with Crippen LogP contribution >= 0.6 is 23.3 Å². The minimum Gasteiger partial charge on any atom is -0.228 e. The van der Waals surface area contributed by atoms with Crippen LogP contribution in [0.5, 0.6) is 0 Å². The lowest BCUT2D eigenvalue weighted by molar-refractivity contribution is 1.30. The van der Waals surface area contributed by atoms with Crippen molar-refractivity contribution in [1.82, 2.24) is 4.98 Å². The van der Waals surface area contributed by atoms with Crippen molar-refractivity contribution in [2.75, 3.05) is 0 Å². The van der Waals surface area contributed by atoms with Gasteiger partial charge >= 0.3 is 0 Å². The third-order valence-corrected chi connectivity index (χ3v) is 4.45. The molecular formula is C15H12N2S2. The van der Waals surface area contributed by atoms with Gasteiger partial charge in [0.25, 0.3) is 0 Å². The summed E-state index contributed by atoms with van der Waals surface area (Å²) < 4.78 is 6.56. The average Bonchev–Trinajstić information content (AvgIpc) is 2.83. The van der Waals surface area contributed by atoms with E-state index in [0.717, 1.165) is 15.4 Å². The van der Waals surface area contributed by atoms with Crippen LogP contribution in [0.3, 0.4) is 0 Å². The summed E-state index contributed by atoms with van der Waals surface area (Å²) in [5, 5.41) is 0. The number of hydrogen-bond donors (Lipinski definition) is 0. The summed E-state index contributed by atoms with van der Waals surface area (Å²) in [6.07, 6.45) is 1.87. The first-order valence-corrected chi connectivity index (χ1v) is 7.53. The molecule has 0 amide bonds. The standard InChI is InChI=1S/C15H12N2S2/c1-11-6-8-12(9-7-11)10-16-19-15-17-13-4-2-3-5-14(13)18-15/h2-10H,1H3. The second-order valence-corrected chi connectivity index (χ2v) is 6.25. The van der Waals surface area contributed by atoms with Crippen LogP contribution < -0.4 is 0 Å². The van der Waals surface area contributed by atoms with Gasteiger partial charge in [0.1, 0.15) is 0 Å². The molecule has 1 aromatic heterocycles. The number of para-hydroxylation sites is 1. The summed E-state index contributed by atoms with van der Waals surface area (Å²) in [7, 11) is 0. The first-order chi connectivity index (χ1) is 9.31. The SMILES string of the molecule is Cc1ccc(C=NSc2nc3ccccc3s2)cc1. The number of nitrogens with zero attached hydrogens (tertiary/aromatic N) is 2. The maximum Gasteiger partial charge on any atom is 0.173 e. The number of thiazole rings is 1. The topological polar surface area (TPSA) is 25.2 Å². The van der Waals surface area contributed by atoms with E-state index in [0.29, 0.717) is 0 Å². The molecule has 19 heavy (non-hydrogen) atoms. The molecule has 2 aromatic carbocycles. The van der Waals surface area contributed by atoms with Gasteiger partial charge in [-0.15, -0.1) is 11.3 Å². The minimum atomic E-state index is 0.976. The van der Waals surface area contributed by atoms with Crippen LogP contribution in [0.4, 0.5) is 0 Å². The molecular weight excluding hydrogens is 272 g/mol. The molecule has 0 spiro atoms. The van der Waals surface area contributed by atoms with Crippen LogP contribution in [0.15, 0.2) is 57.3 Å². The van der Waals surface area contributed by atoms with E-state index in [1.165, 1.54) is 22.2 Å². The Morgan fingerprint density at radius 1 is 1.11 bits per heavy atom. The minimum absolute atomic E-state index is 0.976. The van der Waals surface area contributed by atoms with E-state index >= 15 is 0 Å². The van der Waals surface area contributed by atoms with Crippen LogP contribution in [0, 0.1) is 6.92 Å². The van der Waals surface area contributed by atoms with Gasteiger partial charge in [0, 0.05) is 18.2 Å². The molecule has 0 saturated carbocycles. The van der Waals surface area contributed by atoms with Gasteiger partial charge < -0.3 is 0 Å². The highest BCUT2D eigenvalue weighted by molar-refractivity contribution is 8.00. The second kappa shape index (κ2) is 5.55. The molecule has 3 aromatic rings. The van der Waals surface area contributed by atoms with E-state index in [-0.39, 0.29) is 0 Å². The molecule has 0 fully saturated rings. The predicted octanol–water partition coefficient (Wildman–Crippen LogP) is 4.73. The first-order valence-electron chi connectivity index (χ1n) is 5.94. The quantitative estimate of drug-likeness (QED) is 0.513. The Morgan fingerprint density at radius 2 is 1.89 bits per heavy atom. The molecule has 0 radical (unpaired) electrons. The van der Waals surface area contributed by atoms with Crippen molar-refractivity contribution in [3.8, 4) is 0 Å². The Kier molecular flexibility index (Phi) is 3.62. The third-order valence-electron chi connectivity index (χ3n) is 2.68. The summed E-state index contributed by atoms with van der Waals surface area (Å²) in [4.78, 5) is 4.53. The van der Waals surface area contributed by atoms with E-state index < -0.39 is 0 Å². The molecule has 94 valence electrons.